The monoisotopic (exact) mass is 410 g/mol. The lowest BCUT2D eigenvalue weighted by Gasteiger charge is -2.19. The second kappa shape index (κ2) is 9.91. The van der Waals surface area contributed by atoms with Gasteiger partial charge in [0.2, 0.25) is 5.91 Å². The molecule has 1 N–H and O–H groups in total. The average Bonchev–Trinajstić information content (AvgIpc) is 3.15. The number of amides is 2. The fourth-order valence-corrected chi connectivity index (χ4v) is 3.46. The molecule has 1 aliphatic heterocycles. The highest BCUT2D eigenvalue weighted by molar-refractivity contribution is 6.00. The van der Waals surface area contributed by atoms with Crippen LogP contribution in [-0.4, -0.2) is 37.5 Å². The molecule has 1 aliphatic rings. The van der Waals surface area contributed by atoms with Gasteiger partial charge in [0.05, 0.1) is 18.2 Å². The Kier molecular flexibility index (Phi) is 7.06. The lowest BCUT2D eigenvalue weighted by Crippen LogP contribution is -2.28. The number of rotatable bonds is 8. The molecule has 1 heterocycles. The Bertz CT molecular complexity index is 927. The van der Waals surface area contributed by atoms with E-state index in [4.69, 9.17) is 9.47 Å². The highest BCUT2D eigenvalue weighted by Crippen LogP contribution is 2.29. The minimum Gasteiger partial charge on any atom is -0.492 e. The number of nitrogens with zero attached hydrogens (tertiary/aromatic N) is 1. The van der Waals surface area contributed by atoms with Crippen LogP contribution in [0.1, 0.15) is 25.8 Å². The lowest BCUT2D eigenvalue weighted by molar-refractivity contribution is -0.151. The first-order valence-electron chi connectivity index (χ1n) is 10.1. The molecule has 1 fully saturated rings. The van der Waals surface area contributed by atoms with E-state index in [1.807, 2.05) is 38.1 Å². The quantitative estimate of drug-likeness (QED) is 0.676. The number of esters is 1. The first-order chi connectivity index (χ1) is 14.5. The molecule has 0 aromatic heterocycles. The van der Waals surface area contributed by atoms with Crippen LogP contribution in [-0.2, 0) is 25.5 Å². The van der Waals surface area contributed by atoms with Crippen molar-refractivity contribution in [2.75, 3.05) is 30.0 Å². The van der Waals surface area contributed by atoms with Crippen LogP contribution >= 0.6 is 0 Å². The van der Waals surface area contributed by atoms with Gasteiger partial charge >= 0.3 is 5.97 Å². The molecule has 7 nitrogen and oxygen atoms in total. The van der Waals surface area contributed by atoms with Crippen LogP contribution in [0.5, 0.6) is 5.75 Å². The van der Waals surface area contributed by atoms with Gasteiger partial charge in [-0.3, -0.25) is 14.4 Å². The van der Waals surface area contributed by atoms with Crippen molar-refractivity contribution in [1.29, 1.82) is 0 Å². The molecule has 30 heavy (non-hydrogen) atoms. The summed E-state index contributed by atoms with van der Waals surface area (Å²) in [6, 6.07) is 14.7. The van der Waals surface area contributed by atoms with Crippen LogP contribution in [0.15, 0.2) is 48.5 Å². The van der Waals surface area contributed by atoms with E-state index in [0.29, 0.717) is 18.0 Å². The molecular formula is C23H26N2O5. The molecule has 0 spiro atoms. The number of para-hydroxylation sites is 3. The van der Waals surface area contributed by atoms with Gasteiger partial charge in [-0.2, -0.15) is 0 Å². The summed E-state index contributed by atoms with van der Waals surface area (Å²) in [5.41, 5.74) is 2.39. The van der Waals surface area contributed by atoms with Gasteiger partial charge in [0.25, 0.3) is 5.91 Å². The summed E-state index contributed by atoms with van der Waals surface area (Å²) in [7, 11) is 0. The van der Waals surface area contributed by atoms with Crippen molar-refractivity contribution in [3.63, 3.8) is 0 Å². The molecule has 2 amide bonds. The van der Waals surface area contributed by atoms with Gasteiger partial charge in [0.15, 0.2) is 6.61 Å². The normalized spacial score (nSPS) is 15.7. The fourth-order valence-electron chi connectivity index (χ4n) is 3.46. The maximum absolute atomic E-state index is 12.5. The van der Waals surface area contributed by atoms with Gasteiger partial charge in [-0.25, -0.2) is 0 Å². The topological polar surface area (TPSA) is 84.9 Å². The van der Waals surface area contributed by atoms with Crippen LogP contribution in [0.2, 0.25) is 0 Å². The second-order valence-electron chi connectivity index (χ2n) is 6.97. The predicted molar refractivity (Wildman–Crippen MR) is 113 cm³/mol. The molecular weight excluding hydrogens is 384 g/mol. The maximum atomic E-state index is 12.5. The van der Waals surface area contributed by atoms with E-state index in [1.54, 1.807) is 29.2 Å². The van der Waals surface area contributed by atoms with E-state index in [9.17, 15) is 14.4 Å². The summed E-state index contributed by atoms with van der Waals surface area (Å²) < 4.78 is 10.6. The van der Waals surface area contributed by atoms with Crippen LogP contribution in [0.3, 0.4) is 0 Å². The smallest absolute Gasteiger partial charge is 0.311 e. The summed E-state index contributed by atoms with van der Waals surface area (Å²) >= 11 is 0. The zero-order valence-corrected chi connectivity index (χ0v) is 17.2. The first kappa shape index (κ1) is 21.4. The highest BCUT2D eigenvalue weighted by Gasteiger charge is 2.37. The first-order valence-corrected chi connectivity index (χ1v) is 10.1. The third-order valence-electron chi connectivity index (χ3n) is 4.93. The third-order valence-corrected chi connectivity index (χ3v) is 4.93. The van der Waals surface area contributed by atoms with E-state index in [2.05, 4.69) is 5.32 Å². The van der Waals surface area contributed by atoms with Gasteiger partial charge in [0, 0.05) is 18.7 Å². The van der Waals surface area contributed by atoms with Gasteiger partial charge < -0.3 is 19.7 Å². The number of benzene rings is 2. The molecule has 0 unspecified atom stereocenters. The Morgan fingerprint density at radius 3 is 2.60 bits per heavy atom. The molecule has 2 aromatic carbocycles. The van der Waals surface area contributed by atoms with Crippen molar-refractivity contribution in [3.05, 3.63) is 54.1 Å². The average molecular weight is 410 g/mol. The third kappa shape index (κ3) is 4.97. The van der Waals surface area contributed by atoms with Crippen molar-refractivity contribution in [3.8, 4) is 5.75 Å². The van der Waals surface area contributed by atoms with Crippen molar-refractivity contribution in [1.82, 2.24) is 0 Å². The summed E-state index contributed by atoms with van der Waals surface area (Å²) in [4.78, 5) is 38.7. The number of carbonyl (C=O) groups is 3. The fraction of sp³-hybridized carbons (Fsp3) is 0.348. The van der Waals surface area contributed by atoms with E-state index >= 15 is 0 Å². The second-order valence-corrected chi connectivity index (χ2v) is 6.97. The summed E-state index contributed by atoms with van der Waals surface area (Å²) in [6.45, 7) is 4.17. The zero-order chi connectivity index (χ0) is 21.5. The zero-order valence-electron chi connectivity index (χ0n) is 17.2. The Morgan fingerprint density at radius 1 is 1.10 bits per heavy atom. The van der Waals surface area contributed by atoms with Crippen molar-refractivity contribution >= 4 is 29.2 Å². The van der Waals surface area contributed by atoms with E-state index in [0.717, 1.165) is 17.7 Å². The van der Waals surface area contributed by atoms with E-state index in [1.165, 1.54) is 0 Å². The highest BCUT2D eigenvalue weighted by atomic mass is 16.5. The van der Waals surface area contributed by atoms with Crippen molar-refractivity contribution in [2.24, 2.45) is 5.92 Å². The van der Waals surface area contributed by atoms with Crippen LogP contribution < -0.4 is 15.0 Å². The number of anilines is 2. The van der Waals surface area contributed by atoms with Crippen LogP contribution in [0.25, 0.3) is 0 Å². The minimum absolute atomic E-state index is 0.0751. The van der Waals surface area contributed by atoms with Crippen molar-refractivity contribution in [2.45, 2.75) is 26.7 Å². The van der Waals surface area contributed by atoms with E-state index in [-0.39, 0.29) is 18.9 Å². The Morgan fingerprint density at radius 2 is 1.83 bits per heavy atom. The molecule has 7 heteroatoms. The molecule has 0 bridgehead atoms. The number of hydrogen-bond acceptors (Lipinski definition) is 5. The molecule has 0 radical (unpaired) electrons. The summed E-state index contributed by atoms with van der Waals surface area (Å²) in [5, 5.41) is 2.68. The number of nitrogens with one attached hydrogen (secondary N) is 1. The molecule has 1 saturated heterocycles. The Balaban J connectivity index is 1.55. The van der Waals surface area contributed by atoms with Gasteiger partial charge in [-0.15, -0.1) is 0 Å². The molecule has 0 saturated carbocycles. The molecule has 3 rings (SSSR count). The summed E-state index contributed by atoms with van der Waals surface area (Å²) in [6.07, 6.45) is 0.865. The SMILES string of the molecule is CCOc1ccccc1NC(=O)COC(=O)[C@@H]1CC(=O)N(c2ccccc2CC)C1. The Labute approximate surface area is 176 Å². The van der Waals surface area contributed by atoms with Crippen LogP contribution in [0.4, 0.5) is 11.4 Å². The van der Waals surface area contributed by atoms with E-state index < -0.39 is 24.4 Å². The molecule has 158 valence electrons. The molecule has 2 aromatic rings. The number of carbonyl (C=O) groups excluding carboxylic acids is 3. The summed E-state index contributed by atoms with van der Waals surface area (Å²) in [5.74, 6) is -1.17. The minimum atomic E-state index is -0.592. The van der Waals surface area contributed by atoms with Gasteiger partial charge in [-0.05, 0) is 37.1 Å². The molecule has 0 aliphatic carbocycles. The predicted octanol–water partition coefficient (Wildman–Crippen LogP) is 3.18. The Hall–Kier alpha value is -3.35. The number of hydrogen-bond donors (Lipinski definition) is 1. The molecule has 1 atom stereocenters. The van der Waals surface area contributed by atoms with Crippen molar-refractivity contribution < 1.29 is 23.9 Å². The number of aryl methyl sites for hydroxylation is 1. The van der Waals surface area contributed by atoms with Gasteiger partial charge in [-0.1, -0.05) is 37.3 Å². The standard InChI is InChI=1S/C23H26N2O5/c1-3-16-9-5-7-11-19(16)25-14-17(13-22(25)27)23(28)30-15-21(26)24-18-10-6-8-12-20(18)29-4-2/h5-12,17H,3-4,13-15H2,1-2H3,(H,24,26)/t17-/m1/s1. The van der Waals surface area contributed by atoms with Gasteiger partial charge in [0.1, 0.15) is 5.75 Å². The number of ether oxygens (including phenoxy) is 2. The lowest BCUT2D eigenvalue weighted by atomic mass is 10.1. The maximum Gasteiger partial charge on any atom is 0.311 e. The largest absolute Gasteiger partial charge is 0.492 e. The van der Waals surface area contributed by atoms with Crippen LogP contribution in [0, 0.1) is 5.92 Å².